The summed E-state index contributed by atoms with van der Waals surface area (Å²) in [5.41, 5.74) is 2.84. The Hall–Kier alpha value is -0.860. The molecule has 1 aliphatic rings. The fourth-order valence-electron chi connectivity index (χ4n) is 2.62. The summed E-state index contributed by atoms with van der Waals surface area (Å²) in [6, 6.07) is 9.69. The van der Waals surface area contributed by atoms with Gasteiger partial charge >= 0.3 is 0 Å². The third-order valence-electron chi connectivity index (χ3n) is 3.62. The van der Waals surface area contributed by atoms with E-state index < -0.39 is 0 Å². The molecule has 17 heavy (non-hydrogen) atoms. The Morgan fingerprint density at radius 1 is 1.18 bits per heavy atom. The van der Waals surface area contributed by atoms with Crippen molar-refractivity contribution in [1.29, 1.82) is 0 Å². The number of hydrogen-bond acceptors (Lipinski definition) is 2. The molecule has 1 aromatic carbocycles. The van der Waals surface area contributed by atoms with E-state index in [1.54, 1.807) is 0 Å². The Bertz CT molecular complexity index is 325. The van der Waals surface area contributed by atoms with Crippen molar-refractivity contribution in [2.45, 2.75) is 32.7 Å². The van der Waals surface area contributed by atoms with Crippen LogP contribution in [-0.4, -0.2) is 31.1 Å². The fraction of sp³-hybridized carbons (Fsp3) is 0.600. The van der Waals surface area contributed by atoms with Crippen molar-refractivity contribution in [1.82, 2.24) is 10.2 Å². The molecule has 0 bridgehead atoms. The van der Waals surface area contributed by atoms with Gasteiger partial charge in [0.1, 0.15) is 0 Å². The second-order valence-electron chi connectivity index (χ2n) is 5.00. The Kier molecular flexibility index (Phi) is 4.57. The average Bonchev–Trinajstić information content (AvgIpc) is 2.38. The molecular formula is C15H24N2. The van der Waals surface area contributed by atoms with Crippen LogP contribution in [-0.2, 0) is 0 Å². The van der Waals surface area contributed by atoms with Gasteiger partial charge in [0.15, 0.2) is 0 Å². The van der Waals surface area contributed by atoms with Crippen LogP contribution in [0.25, 0.3) is 0 Å². The van der Waals surface area contributed by atoms with Gasteiger partial charge in [0, 0.05) is 32.2 Å². The van der Waals surface area contributed by atoms with Crippen LogP contribution in [0.5, 0.6) is 0 Å². The molecule has 0 aromatic heterocycles. The topological polar surface area (TPSA) is 15.3 Å². The summed E-state index contributed by atoms with van der Waals surface area (Å²) in [5, 5.41) is 3.43. The molecule has 1 aromatic rings. The van der Waals surface area contributed by atoms with Gasteiger partial charge in [-0.25, -0.2) is 0 Å². The number of nitrogens with one attached hydrogen (secondary N) is 1. The van der Waals surface area contributed by atoms with Crippen molar-refractivity contribution >= 4 is 0 Å². The summed E-state index contributed by atoms with van der Waals surface area (Å²) in [6.45, 7) is 9.06. The van der Waals surface area contributed by atoms with Gasteiger partial charge in [-0.2, -0.15) is 0 Å². The summed E-state index contributed by atoms with van der Waals surface area (Å²) in [5.74, 6) is 0. The Labute approximate surface area is 105 Å². The highest BCUT2D eigenvalue weighted by atomic mass is 15.2. The zero-order valence-corrected chi connectivity index (χ0v) is 11.1. The standard InChI is InChI=1S/C15H24N2/c1-3-4-15(17-11-9-16-10-12-17)14-7-5-13(2)6-8-14/h5-8,15-16H,3-4,9-12H2,1-2H3/t15-/m0/s1. The normalized spacial score (nSPS) is 19.2. The lowest BCUT2D eigenvalue weighted by atomic mass is 9.99. The highest BCUT2D eigenvalue weighted by Crippen LogP contribution is 2.26. The predicted octanol–water partition coefficient (Wildman–Crippen LogP) is 2.74. The minimum absolute atomic E-state index is 0.614. The third-order valence-corrected chi connectivity index (χ3v) is 3.62. The van der Waals surface area contributed by atoms with E-state index >= 15 is 0 Å². The smallest absolute Gasteiger partial charge is 0.0349 e. The molecule has 2 rings (SSSR count). The van der Waals surface area contributed by atoms with Crippen molar-refractivity contribution in [2.75, 3.05) is 26.2 Å². The summed E-state index contributed by atoms with van der Waals surface area (Å²) >= 11 is 0. The van der Waals surface area contributed by atoms with Gasteiger partial charge < -0.3 is 5.32 Å². The van der Waals surface area contributed by atoms with E-state index in [1.165, 1.54) is 37.1 Å². The number of piperazine rings is 1. The molecule has 1 saturated heterocycles. The fourth-order valence-corrected chi connectivity index (χ4v) is 2.62. The van der Waals surface area contributed by atoms with Gasteiger partial charge in [0.05, 0.1) is 0 Å². The van der Waals surface area contributed by atoms with E-state index in [2.05, 4.69) is 48.3 Å². The van der Waals surface area contributed by atoms with Crippen LogP contribution < -0.4 is 5.32 Å². The molecule has 1 N–H and O–H groups in total. The van der Waals surface area contributed by atoms with Crippen LogP contribution in [0.4, 0.5) is 0 Å². The molecule has 1 aliphatic heterocycles. The molecule has 2 nitrogen and oxygen atoms in total. The molecule has 0 unspecified atom stereocenters. The first kappa shape index (κ1) is 12.6. The van der Waals surface area contributed by atoms with Gasteiger partial charge in [-0.3, -0.25) is 4.90 Å². The summed E-state index contributed by atoms with van der Waals surface area (Å²) in [4.78, 5) is 2.63. The zero-order chi connectivity index (χ0) is 12.1. The first-order valence-corrected chi connectivity index (χ1v) is 6.82. The van der Waals surface area contributed by atoms with Gasteiger partial charge in [-0.05, 0) is 18.9 Å². The molecule has 1 fully saturated rings. The lowest BCUT2D eigenvalue weighted by molar-refractivity contribution is 0.164. The van der Waals surface area contributed by atoms with Crippen LogP contribution in [0.1, 0.15) is 36.9 Å². The van der Waals surface area contributed by atoms with E-state index in [4.69, 9.17) is 0 Å². The van der Waals surface area contributed by atoms with Crippen molar-refractivity contribution in [3.8, 4) is 0 Å². The molecule has 0 aliphatic carbocycles. The van der Waals surface area contributed by atoms with E-state index in [9.17, 15) is 0 Å². The SMILES string of the molecule is CCC[C@@H](c1ccc(C)cc1)N1CCNCC1. The van der Waals surface area contributed by atoms with Crippen molar-refractivity contribution < 1.29 is 0 Å². The minimum atomic E-state index is 0.614. The van der Waals surface area contributed by atoms with Crippen molar-refractivity contribution in [2.24, 2.45) is 0 Å². The average molecular weight is 232 g/mol. The maximum Gasteiger partial charge on any atom is 0.0349 e. The molecule has 2 heteroatoms. The van der Waals surface area contributed by atoms with Crippen LogP contribution in [0, 0.1) is 6.92 Å². The number of benzene rings is 1. The monoisotopic (exact) mass is 232 g/mol. The summed E-state index contributed by atoms with van der Waals surface area (Å²) in [7, 11) is 0. The molecule has 0 spiro atoms. The highest BCUT2D eigenvalue weighted by molar-refractivity contribution is 5.24. The molecule has 94 valence electrons. The number of nitrogens with zero attached hydrogens (tertiary/aromatic N) is 1. The third kappa shape index (κ3) is 3.30. The molecule has 1 heterocycles. The minimum Gasteiger partial charge on any atom is -0.314 e. The van der Waals surface area contributed by atoms with Gasteiger partial charge in [-0.1, -0.05) is 43.2 Å². The van der Waals surface area contributed by atoms with Gasteiger partial charge in [0.2, 0.25) is 0 Å². The van der Waals surface area contributed by atoms with Crippen LogP contribution in [0.15, 0.2) is 24.3 Å². The lowest BCUT2D eigenvalue weighted by Crippen LogP contribution is -2.45. The Balaban J connectivity index is 2.12. The Morgan fingerprint density at radius 3 is 2.41 bits per heavy atom. The van der Waals surface area contributed by atoms with Crippen LogP contribution in [0.3, 0.4) is 0 Å². The largest absolute Gasteiger partial charge is 0.314 e. The van der Waals surface area contributed by atoms with Crippen LogP contribution in [0.2, 0.25) is 0 Å². The second kappa shape index (κ2) is 6.18. The van der Waals surface area contributed by atoms with E-state index in [1.807, 2.05) is 0 Å². The second-order valence-corrected chi connectivity index (χ2v) is 5.00. The summed E-state index contributed by atoms with van der Waals surface area (Å²) in [6.07, 6.45) is 2.52. The van der Waals surface area contributed by atoms with Crippen LogP contribution >= 0.6 is 0 Å². The van der Waals surface area contributed by atoms with Gasteiger partial charge in [-0.15, -0.1) is 0 Å². The molecule has 0 amide bonds. The lowest BCUT2D eigenvalue weighted by Gasteiger charge is -2.35. The molecule has 0 radical (unpaired) electrons. The highest BCUT2D eigenvalue weighted by Gasteiger charge is 2.20. The molecule has 1 atom stereocenters. The van der Waals surface area contributed by atoms with Gasteiger partial charge in [0.25, 0.3) is 0 Å². The first-order chi connectivity index (χ1) is 8.31. The summed E-state index contributed by atoms with van der Waals surface area (Å²) < 4.78 is 0. The van der Waals surface area contributed by atoms with Crippen molar-refractivity contribution in [3.63, 3.8) is 0 Å². The van der Waals surface area contributed by atoms with E-state index in [0.29, 0.717) is 6.04 Å². The van der Waals surface area contributed by atoms with E-state index in [0.717, 1.165) is 13.1 Å². The first-order valence-electron chi connectivity index (χ1n) is 6.82. The van der Waals surface area contributed by atoms with Crippen molar-refractivity contribution in [3.05, 3.63) is 35.4 Å². The maximum absolute atomic E-state index is 3.43. The molecule has 0 saturated carbocycles. The molecular weight excluding hydrogens is 208 g/mol. The number of hydrogen-bond donors (Lipinski definition) is 1. The quantitative estimate of drug-likeness (QED) is 0.858. The van der Waals surface area contributed by atoms with E-state index in [-0.39, 0.29) is 0 Å². The zero-order valence-electron chi connectivity index (χ0n) is 11.1. The Morgan fingerprint density at radius 2 is 1.82 bits per heavy atom. The number of aryl methyl sites for hydroxylation is 1. The number of rotatable bonds is 4. The maximum atomic E-state index is 3.43. The predicted molar refractivity (Wildman–Crippen MR) is 73.3 cm³/mol.